The lowest BCUT2D eigenvalue weighted by atomic mass is 9.97. The van der Waals surface area contributed by atoms with Crippen molar-refractivity contribution in [2.75, 3.05) is 25.2 Å². The lowest BCUT2D eigenvalue weighted by molar-refractivity contribution is -0.123. The zero-order valence-corrected chi connectivity index (χ0v) is 14.1. The van der Waals surface area contributed by atoms with E-state index in [9.17, 15) is 14.0 Å². The maximum atomic E-state index is 13.6. The van der Waals surface area contributed by atoms with Gasteiger partial charge in [0, 0.05) is 24.3 Å². The Morgan fingerprint density at radius 3 is 2.65 bits per heavy atom. The number of aryl methyl sites for hydroxylation is 1. The summed E-state index contributed by atoms with van der Waals surface area (Å²) in [5.74, 6) is 0.116. The second-order valence-electron chi connectivity index (χ2n) is 6.43. The Bertz CT molecular complexity index is 893. The highest BCUT2D eigenvalue weighted by molar-refractivity contribution is 5.99. The molecule has 2 aromatic rings. The van der Waals surface area contributed by atoms with Crippen molar-refractivity contribution < 1.29 is 23.5 Å². The number of carbonyl (C=O) groups excluding carboxylic acids is 2. The molecule has 6 nitrogen and oxygen atoms in total. The summed E-state index contributed by atoms with van der Waals surface area (Å²) in [5, 5.41) is 2.69. The van der Waals surface area contributed by atoms with Gasteiger partial charge < -0.3 is 19.7 Å². The second-order valence-corrected chi connectivity index (χ2v) is 6.43. The van der Waals surface area contributed by atoms with Gasteiger partial charge in [-0.3, -0.25) is 9.59 Å². The van der Waals surface area contributed by atoms with Crippen LogP contribution in [-0.2, 0) is 4.79 Å². The number of nitrogens with zero attached hydrogens (tertiary/aromatic N) is 1. The first-order valence-corrected chi connectivity index (χ1v) is 8.27. The highest BCUT2D eigenvalue weighted by Gasteiger charge is 2.36. The van der Waals surface area contributed by atoms with Crippen LogP contribution >= 0.6 is 0 Å². The lowest BCUT2D eigenvalue weighted by Gasteiger charge is -2.38. The van der Waals surface area contributed by atoms with Crippen molar-refractivity contribution in [1.82, 2.24) is 4.90 Å². The maximum absolute atomic E-state index is 13.6. The Balaban J connectivity index is 1.35. The largest absolute Gasteiger partial charge is 0.454 e. The highest BCUT2D eigenvalue weighted by atomic mass is 19.1. The summed E-state index contributed by atoms with van der Waals surface area (Å²) in [7, 11) is 0. The Morgan fingerprint density at radius 2 is 1.88 bits per heavy atom. The van der Waals surface area contributed by atoms with Gasteiger partial charge in [-0.2, -0.15) is 0 Å². The van der Waals surface area contributed by atoms with E-state index in [0.717, 1.165) is 0 Å². The predicted molar refractivity (Wildman–Crippen MR) is 91.7 cm³/mol. The third kappa shape index (κ3) is 2.96. The molecule has 2 amide bonds. The molecule has 2 aromatic carbocycles. The number of likely N-dealkylation sites (tertiary alicyclic amines) is 1. The molecule has 2 heterocycles. The molecular formula is C19H17FN2O4. The molecule has 0 atom stereocenters. The summed E-state index contributed by atoms with van der Waals surface area (Å²) in [6.07, 6.45) is 0. The summed E-state index contributed by atoms with van der Waals surface area (Å²) in [6.45, 7) is 2.46. The normalized spacial score (nSPS) is 15.5. The number of hydrogen-bond donors (Lipinski definition) is 1. The molecule has 0 unspecified atom stereocenters. The number of fused-ring (bicyclic) bond motifs is 1. The molecule has 1 N–H and O–H groups in total. The molecule has 2 aliphatic heterocycles. The van der Waals surface area contributed by atoms with Gasteiger partial charge in [-0.05, 0) is 42.8 Å². The number of anilines is 1. The van der Waals surface area contributed by atoms with E-state index in [1.807, 2.05) is 0 Å². The van der Waals surface area contributed by atoms with Crippen LogP contribution in [0.15, 0.2) is 36.4 Å². The van der Waals surface area contributed by atoms with E-state index < -0.39 is 0 Å². The van der Waals surface area contributed by atoms with E-state index in [1.165, 1.54) is 6.07 Å². The van der Waals surface area contributed by atoms with E-state index in [4.69, 9.17) is 9.47 Å². The molecule has 0 spiro atoms. The summed E-state index contributed by atoms with van der Waals surface area (Å²) < 4.78 is 24.1. The minimum Gasteiger partial charge on any atom is -0.454 e. The minimum absolute atomic E-state index is 0.151. The van der Waals surface area contributed by atoms with Gasteiger partial charge in [0.15, 0.2) is 11.5 Å². The molecule has 26 heavy (non-hydrogen) atoms. The third-order valence-corrected chi connectivity index (χ3v) is 4.60. The van der Waals surface area contributed by atoms with Crippen molar-refractivity contribution in [2.24, 2.45) is 5.92 Å². The first kappa shape index (κ1) is 16.4. The van der Waals surface area contributed by atoms with Gasteiger partial charge in [-0.1, -0.05) is 6.07 Å². The zero-order valence-electron chi connectivity index (χ0n) is 14.1. The fourth-order valence-electron chi connectivity index (χ4n) is 2.94. The van der Waals surface area contributed by atoms with E-state index >= 15 is 0 Å². The molecule has 4 rings (SSSR count). The van der Waals surface area contributed by atoms with Gasteiger partial charge in [0.05, 0.1) is 5.92 Å². The van der Waals surface area contributed by atoms with Crippen LogP contribution in [0.25, 0.3) is 0 Å². The Hall–Kier alpha value is -3.09. The van der Waals surface area contributed by atoms with Gasteiger partial charge in [0.25, 0.3) is 5.91 Å². The van der Waals surface area contributed by atoms with Crippen molar-refractivity contribution >= 4 is 17.5 Å². The van der Waals surface area contributed by atoms with Crippen molar-refractivity contribution in [3.05, 3.63) is 53.3 Å². The smallest absolute Gasteiger partial charge is 0.254 e. The maximum Gasteiger partial charge on any atom is 0.254 e. The van der Waals surface area contributed by atoms with Gasteiger partial charge in [-0.25, -0.2) is 4.39 Å². The number of hydrogen-bond acceptors (Lipinski definition) is 4. The molecule has 0 aromatic heterocycles. The number of ether oxygens (including phenoxy) is 2. The molecule has 7 heteroatoms. The van der Waals surface area contributed by atoms with E-state index in [1.54, 1.807) is 42.2 Å². The zero-order chi connectivity index (χ0) is 18.3. The molecule has 1 fully saturated rings. The first-order valence-electron chi connectivity index (χ1n) is 8.27. The molecule has 2 aliphatic rings. The predicted octanol–water partition coefficient (Wildman–Crippen LogP) is 2.57. The number of carbonyl (C=O) groups is 2. The fourth-order valence-corrected chi connectivity index (χ4v) is 2.94. The number of benzene rings is 2. The number of halogens is 1. The van der Waals surface area contributed by atoms with Crippen LogP contribution in [0.2, 0.25) is 0 Å². The van der Waals surface area contributed by atoms with Crippen LogP contribution < -0.4 is 14.8 Å². The standard InChI is InChI=1S/C19H17FN2O4/c1-11-2-4-14(7-15(11)20)21-18(23)13-8-22(9-13)19(24)12-3-5-16-17(6-12)26-10-25-16/h2-7,13H,8-10H2,1H3,(H,21,23). The SMILES string of the molecule is Cc1ccc(NC(=O)C2CN(C(=O)c3ccc4c(c3)OCO4)C2)cc1F. The molecular weight excluding hydrogens is 339 g/mol. The molecule has 0 bridgehead atoms. The van der Waals surface area contributed by atoms with Crippen LogP contribution in [0.3, 0.4) is 0 Å². The third-order valence-electron chi connectivity index (χ3n) is 4.60. The van der Waals surface area contributed by atoms with Crippen LogP contribution in [0.4, 0.5) is 10.1 Å². The van der Waals surface area contributed by atoms with Crippen LogP contribution in [0, 0.1) is 18.7 Å². The highest BCUT2D eigenvalue weighted by Crippen LogP contribution is 2.33. The van der Waals surface area contributed by atoms with E-state index in [2.05, 4.69) is 5.32 Å². The summed E-state index contributed by atoms with van der Waals surface area (Å²) >= 11 is 0. The van der Waals surface area contributed by atoms with Gasteiger partial charge >= 0.3 is 0 Å². The van der Waals surface area contributed by atoms with Crippen LogP contribution in [-0.4, -0.2) is 36.6 Å². The molecule has 0 saturated carbocycles. The van der Waals surface area contributed by atoms with Gasteiger partial charge in [0.1, 0.15) is 5.82 Å². The van der Waals surface area contributed by atoms with Crippen molar-refractivity contribution in [2.45, 2.75) is 6.92 Å². The van der Waals surface area contributed by atoms with E-state index in [-0.39, 0.29) is 30.3 Å². The average molecular weight is 356 g/mol. The first-order chi connectivity index (χ1) is 12.5. The van der Waals surface area contributed by atoms with Gasteiger partial charge in [-0.15, -0.1) is 0 Å². The summed E-state index contributed by atoms with van der Waals surface area (Å²) in [4.78, 5) is 26.3. The van der Waals surface area contributed by atoms with Crippen molar-refractivity contribution in [1.29, 1.82) is 0 Å². The molecule has 134 valence electrons. The molecule has 0 aliphatic carbocycles. The molecule has 0 radical (unpaired) electrons. The minimum atomic E-state index is -0.365. The van der Waals surface area contributed by atoms with E-state index in [0.29, 0.717) is 41.4 Å². The number of amides is 2. The van der Waals surface area contributed by atoms with Crippen LogP contribution in [0.1, 0.15) is 15.9 Å². The second kappa shape index (κ2) is 6.33. The fraction of sp³-hybridized carbons (Fsp3) is 0.263. The number of rotatable bonds is 3. The Kier molecular flexibility index (Phi) is 3.99. The topological polar surface area (TPSA) is 67.9 Å². The van der Waals surface area contributed by atoms with Crippen LogP contribution in [0.5, 0.6) is 11.5 Å². The lowest BCUT2D eigenvalue weighted by Crippen LogP contribution is -2.54. The molecule has 1 saturated heterocycles. The quantitative estimate of drug-likeness (QED) is 0.918. The average Bonchev–Trinajstić information content (AvgIpc) is 3.04. The van der Waals surface area contributed by atoms with Gasteiger partial charge in [0.2, 0.25) is 12.7 Å². The number of nitrogens with one attached hydrogen (secondary N) is 1. The monoisotopic (exact) mass is 356 g/mol. The van der Waals surface area contributed by atoms with Crippen molar-refractivity contribution in [3.8, 4) is 11.5 Å². The Labute approximate surface area is 149 Å². The summed E-state index contributed by atoms with van der Waals surface area (Å²) in [6, 6.07) is 9.59. The summed E-state index contributed by atoms with van der Waals surface area (Å²) in [5.41, 5.74) is 1.43. The Morgan fingerprint density at radius 1 is 1.12 bits per heavy atom. The van der Waals surface area contributed by atoms with Crippen molar-refractivity contribution in [3.63, 3.8) is 0 Å².